The number of benzene rings is 3. The van der Waals surface area contributed by atoms with Gasteiger partial charge in [0.1, 0.15) is 12.2 Å². The van der Waals surface area contributed by atoms with Crippen molar-refractivity contribution in [2.75, 3.05) is 12.0 Å². The molecule has 1 heterocycles. The maximum Gasteiger partial charge on any atom is 0.335 e. The van der Waals surface area contributed by atoms with Gasteiger partial charge in [0, 0.05) is 0 Å². The standard InChI is InChI=1S/C27H23BrN2O5/c1-16-9-10-22(17(2)11-16)30-26(32)20(25(31)29-27(30)33)12-19-13-21(28)24(23(14-19)34-3)35-15-18-7-5-4-6-8-18/h4-14H,15H2,1-3H3,(H,29,31,33)/b20-12+. The third-order valence-corrected chi connectivity index (χ3v) is 6.07. The smallest absolute Gasteiger partial charge is 0.335 e. The van der Waals surface area contributed by atoms with Gasteiger partial charge in [0.05, 0.1) is 17.3 Å². The molecule has 0 radical (unpaired) electrons. The molecule has 1 fully saturated rings. The topological polar surface area (TPSA) is 84.9 Å². The molecule has 1 N–H and O–H groups in total. The number of hydrogen-bond donors (Lipinski definition) is 1. The molecule has 0 atom stereocenters. The number of methoxy groups -OCH3 is 1. The lowest BCUT2D eigenvalue weighted by Crippen LogP contribution is -2.54. The van der Waals surface area contributed by atoms with Crippen molar-refractivity contribution in [1.82, 2.24) is 5.32 Å². The Morgan fingerprint density at radius 2 is 1.74 bits per heavy atom. The number of hydrogen-bond acceptors (Lipinski definition) is 5. The molecule has 3 aromatic rings. The summed E-state index contributed by atoms with van der Waals surface area (Å²) >= 11 is 3.50. The summed E-state index contributed by atoms with van der Waals surface area (Å²) < 4.78 is 12.0. The second kappa shape index (κ2) is 10.1. The number of amides is 4. The Bertz CT molecular complexity index is 1350. The van der Waals surface area contributed by atoms with E-state index in [4.69, 9.17) is 9.47 Å². The first kappa shape index (κ1) is 24.2. The molecule has 1 aliphatic heterocycles. The minimum atomic E-state index is -0.785. The fourth-order valence-electron chi connectivity index (χ4n) is 3.79. The van der Waals surface area contributed by atoms with E-state index in [0.29, 0.717) is 33.8 Å². The van der Waals surface area contributed by atoms with Gasteiger partial charge < -0.3 is 9.47 Å². The molecule has 8 heteroatoms. The molecule has 0 saturated carbocycles. The summed E-state index contributed by atoms with van der Waals surface area (Å²) in [5.41, 5.74) is 3.50. The number of barbiturate groups is 1. The highest BCUT2D eigenvalue weighted by Crippen LogP contribution is 2.38. The molecular weight excluding hydrogens is 512 g/mol. The number of nitrogens with zero attached hydrogens (tertiary/aromatic N) is 1. The Hall–Kier alpha value is -3.91. The van der Waals surface area contributed by atoms with Crippen molar-refractivity contribution in [2.24, 2.45) is 0 Å². The zero-order valence-corrected chi connectivity index (χ0v) is 21.0. The summed E-state index contributed by atoms with van der Waals surface area (Å²) in [7, 11) is 1.51. The normalized spacial score (nSPS) is 14.8. The molecule has 7 nitrogen and oxygen atoms in total. The van der Waals surface area contributed by atoms with Crippen LogP contribution in [-0.4, -0.2) is 25.0 Å². The quantitative estimate of drug-likeness (QED) is 0.341. The van der Waals surface area contributed by atoms with E-state index >= 15 is 0 Å². The van der Waals surface area contributed by atoms with Gasteiger partial charge in [-0.25, -0.2) is 9.69 Å². The number of carbonyl (C=O) groups excluding carboxylic acids is 3. The van der Waals surface area contributed by atoms with Crippen LogP contribution < -0.4 is 19.7 Å². The zero-order chi connectivity index (χ0) is 25.1. The molecule has 3 aromatic carbocycles. The van der Waals surface area contributed by atoms with Gasteiger partial charge in [-0.1, -0.05) is 48.0 Å². The number of ether oxygens (including phenoxy) is 2. The number of rotatable bonds is 6. The number of imide groups is 2. The van der Waals surface area contributed by atoms with Gasteiger partial charge in [0.15, 0.2) is 11.5 Å². The second-order valence-electron chi connectivity index (χ2n) is 8.06. The molecule has 0 unspecified atom stereocenters. The third-order valence-electron chi connectivity index (χ3n) is 5.48. The van der Waals surface area contributed by atoms with Crippen molar-refractivity contribution < 1.29 is 23.9 Å². The van der Waals surface area contributed by atoms with Gasteiger partial charge in [-0.3, -0.25) is 14.9 Å². The highest BCUT2D eigenvalue weighted by Gasteiger charge is 2.37. The van der Waals surface area contributed by atoms with Crippen LogP contribution >= 0.6 is 15.9 Å². The number of halogens is 1. The lowest BCUT2D eigenvalue weighted by molar-refractivity contribution is -0.122. The first-order valence-corrected chi connectivity index (χ1v) is 11.6. The molecule has 1 saturated heterocycles. The molecule has 4 rings (SSSR count). The molecule has 0 aliphatic carbocycles. The van der Waals surface area contributed by atoms with Gasteiger partial charge in [0.25, 0.3) is 11.8 Å². The lowest BCUT2D eigenvalue weighted by Gasteiger charge is -2.27. The van der Waals surface area contributed by atoms with Crippen molar-refractivity contribution in [3.63, 3.8) is 0 Å². The SMILES string of the molecule is COc1cc(/C=C2\C(=O)NC(=O)N(c3ccc(C)cc3C)C2=O)cc(Br)c1OCc1ccccc1. The molecule has 0 spiro atoms. The zero-order valence-electron chi connectivity index (χ0n) is 19.4. The summed E-state index contributed by atoms with van der Waals surface area (Å²) in [6, 6.07) is 17.7. The average molecular weight is 535 g/mol. The highest BCUT2D eigenvalue weighted by atomic mass is 79.9. The lowest BCUT2D eigenvalue weighted by atomic mass is 10.0. The van der Waals surface area contributed by atoms with Crippen LogP contribution in [0.1, 0.15) is 22.3 Å². The van der Waals surface area contributed by atoms with E-state index in [1.54, 1.807) is 31.2 Å². The van der Waals surface area contributed by atoms with E-state index in [2.05, 4.69) is 21.2 Å². The number of aryl methyl sites for hydroxylation is 2. The third kappa shape index (κ3) is 5.12. The molecule has 1 aliphatic rings. The van der Waals surface area contributed by atoms with E-state index < -0.39 is 17.8 Å². The Morgan fingerprint density at radius 3 is 2.43 bits per heavy atom. The van der Waals surface area contributed by atoms with E-state index in [1.165, 1.54) is 13.2 Å². The Balaban J connectivity index is 1.66. The first-order valence-electron chi connectivity index (χ1n) is 10.8. The molecule has 4 amide bonds. The van der Waals surface area contributed by atoms with Crippen molar-refractivity contribution in [1.29, 1.82) is 0 Å². The van der Waals surface area contributed by atoms with Crippen LogP contribution in [0.25, 0.3) is 6.08 Å². The average Bonchev–Trinajstić information content (AvgIpc) is 2.82. The predicted octanol–water partition coefficient (Wildman–Crippen LogP) is 5.32. The highest BCUT2D eigenvalue weighted by molar-refractivity contribution is 9.10. The summed E-state index contributed by atoms with van der Waals surface area (Å²) in [4.78, 5) is 39.4. The molecule has 0 aromatic heterocycles. The van der Waals surface area contributed by atoms with Gasteiger partial charge in [-0.15, -0.1) is 0 Å². The van der Waals surface area contributed by atoms with E-state index in [9.17, 15) is 14.4 Å². The van der Waals surface area contributed by atoms with Crippen molar-refractivity contribution in [3.8, 4) is 11.5 Å². The fourth-order valence-corrected chi connectivity index (χ4v) is 4.37. The van der Waals surface area contributed by atoms with Crippen LogP contribution in [0.15, 0.2) is 70.7 Å². The minimum absolute atomic E-state index is 0.170. The van der Waals surface area contributed by atoms with Crippen molar-refractivity contribution in [2.45, 2.75) is 20.5 Å². The monoisotopic (exact) mass is 534 g/mol. The molecular formula is C27H23BrN2O5. The molecule has 35 heavy (non-hydrogen) atoms. The largest absolute Gasteiger partial charge is 0.493 e. The first-order chi connectivity index (χ1) is 16.8. The summed E-state index contributed by atoms with van der Waals surface area (Å²) in [6.45, 7) is 4.06. The maximum absolute atomic E-state index is 13.3. The molecule has 0 bridgehead atoms. The van der Waals surface area contributed by atoms with Gasteiger partial charge in [-0.05, 0) is 70.7 Å². The number of carbonyl (C=O) groups is 3. The van der Waals surface area contributed by atoms with Gasteiger partial charge in [-0.2, -0.15) is 0 Å². The van der Waals surface area contributed by atoms with E-state index in [-0.39, 0.29) is 5.57 Å². The maximum atomic E-state index is 13.3. The van der Waals surface area contributed by atoms with Crippen LogP contribution in [0.4, 0.5) is 10.5 Å². The Kier molecular flexibility index (Phi) is 7.02. The Labute approximate surface area is 211 Å². The number of anilines is 1. The van der Waals surface area contributed by atoms with Crippen LogP contribution in [0.3, 0.4) is 0 Å². The number of nitrogens with one attached hydrogen (secondary N) is 1. The van der Waals surface area contributed by atoms with E-state index in [1.807, 2.05) is 43.3 Å². The summed E-state index contributed by atoms with van der Waals surface area (Å²) in [6.07, 6.45) is 1.43. The molecule has 178 valence electrons. The van der Waals surface area contributed by atoms with Crippen LogP contribution in [0.2, 0.25) is 0 Å². The second-order valence-corrected chi connectivity index (χ2v) is 8.91. The van der Waals surface area contributed by atoms with Crippen LogP contribution in [0, 0.1) is 13.8 Å². The van der Waals surface area contributed by atoms with Crippen LogP contribution in [0.5, 0.6) is 11.5 Å². The Morgan fingerprint density at radius 1 is 1.00 bits per heavy atom. The summed E-state index contributed by atoms with van der Waals surface area (Å²) in [5.74, 6) is -0.552. The summed E-state index contributed by atoms with van der Waals surface area (Å²) in [5, 5.41) is 2.25. The van der Waals surface area contributed by atoms with Crippen LogP contribution in [-0.2, 0) is 16.2 Å². The van der Waals surface area contributed by atoms with Gasteiger partial charge in [0.2, 0.25) is 0 Å². The van der Waals surface area contributed by atoms with E-state index in [0.717, 1.165) is 21.6 Å². The predicted molar refractivity (Wildman–Crippen MR) is 136 cm³/mol. The van der Waals surface area contributed by atoms with Gasteiger partial charge >= 0.3 is 6.03 Å². The van der Waals surface area contributed by atoms with Crippen molar-refractivity contribution >= 4 is 45.5 Å². The number of urea groups is 1. The minimum Gasteiger partial charge on any atom is -0.493 e. The fraction of sp³-hybridized carbons (Fsp3) is 0.148. The van der Waals surface area contributed by atoms with Crippen molar-refractivity contribution in [3.05, 3.63) is 93.0 Å².